The van der Waals surface area contributed by atoms with Crippen molar-refractivity contribution in [2.45, 2.75) is 58.7 Å². The van der Waals surface area contributed by atoms with Gasteiger partial charge >= 0.3 is 0 Å². The minimum atomic E-state index is -0.305. The summed E-state index contributed by atoms with van der Waals surface area (Å²) in [5.41, 5.74) is 1.97. The number of amides is 1. The number of ether oxygens (including phenoxy) is 2. The van der Waals surface area contributed by atoms with Crippen molar-refractivity contribution in [2.75, 3.05) is 13.7 Å². The van der Waals surface area contributed by atoms with Gasteiger partial charge in [0.2, 0.25) is 0 Å². The zero-order valence-electron chi connectivity index (χ0n) is 18.5. The lowest BCUT2D eigenvalue weighted by Crippen LogP contribution is -2.43. The first-order valence-electron chi connectivity index (χ1n) is 10.3. The molecule has 5 nitrogen and oxygen atoms in total. The highest BCUT2D eigenvalue weighted by atomic mass is 79.9. The van der Waals surface area contributed by atoms with Crippen LogP contribution in [0.15, 0.2) is 46.9 Å². The molecule has 0 aliphatic carbocycles. The van der Waals surface area contributed by atoms with Gasteiger partial charge in [-0.2, -0.15) is 0 Å². The molecule has 30 heavy (non-hydrogen) atoms. The molecule has 0 radical (unpaired) electrons. The van der Waals surface area contributed by atoms with Crippen LogP contribution in [-0.2, 0) is 17.8 Å². The molecule has 2 rings (SSSR count). The number of carbonyl (C=O) groups excluding carboxylic acids is 1. The van der Waals surface area contributed by atoms with E-state index in [1.54, 1.807) is 7.11 Å². The van der Waals surface area contributed by atoms with Gasteiger partial charge in [-0.25, -0.2) is 0 Å². The average molecular weight is 477 g/mol. The van der Waals surface area contributed by atoms with E-state index >= 15 is 0 Å². The standard InChI is InChI=1S/C24H33BrN2O3/c1-17(11-12-18-9-7-6-8-10-18)26-15-19-20(25)13-14-21(29-5)23(19)30-16-22(28)27-24(2,3)4/h6-10,13-14,17,26H,11-12,15-16H2,1-5H3,(H,27,28). The fraction of sp³-hybridized carbons (Fsp3) is 0.458. The molecule has 0 heterocycles. The summed E-state index contributed by atoms with van der Waals surface area (Å²) in [6.45, 7) is 8.53. The molecular formula is C24H33BrN2O3. The van der Waals surface area contributed by atoms with E-state index in [4.69, 9.17) is 9.47 Å². The number of benzene rings is 2. The molecule has 0 aliphatic heterocycles. The first kappa shape index (κ1) is 24.2. The molecule has 164 valence electrons. The van der Waals surface area contributed by atoms with Crippen LogP contribution in [0.5, 0.6) is 11.5 Å². The van der Waals surface area contributed by atoms with Crippen molar-refractivity contribution in [2.24, 2.45) is 0 Å². The highest BCUT2D eigenvalue weighted by molar-refractivity contribution is 9.10. The van der Waals surface area contributed by atoms with E-state index in [1.165, 1.54) is 5.56 Å². The van der Waals surface area contributed by atoms with Gasteiger partial charge < -0.3 is 20.1 Å². The van der Waals surface area contributed by atoms with Crippen LogP contribution in [0.25, 0.3) is 0 Å². The highest BCUT2D eigenvalue weighted by Crippen LogP contribution is 2.36. The lowest BCUT2D eigenvalue weighted by atomic mass is 10.1. The Kier molecular flexibility index (Phi) is 9.18. The van der Waals surface area contributed by atoms with Crippen LogP contribution in [0.4, 0.5) is 0 Å². The van der Waals surface area contributed by atoms with Crippen LogP contribution in [0, 0.1) is 0 Å². The summed E-state index contributed by atoms with van der Waals surface area (Å²) < 4.78 is 12.3. The maximum Gasteiger partial charge on any atom is 0.258 e. The van der Waals surface area contributed by atoms with Crippen molar-refractivity contribution in [1.82, 2.24) is 10.6 Å². The third-order valence-electron chi connectivity index (χ3n) is 4.59. The van der Waals surface area contributed by atoms with Gasteiger partial charge in [0, 0.05) is 28.2 Å². The Hall–Kier alpha value is -2.05. The second-order valence-electron chi connectivity index (χ2n) is 8.45. The Labute approximate surface area is 188 Å². The Morgan fingerprint density at radius 3 is 2.47 bits per heavy atom. The van der Waals surface area contributed by atoms with Gasteiger partial charge in [0.15, 0.2) is 18.1 Å². The first-order valence-corrected chi connectivity index (χ1v) is 11.1. The number of hydrogen-bond acceptors (Lipinski definition) is 4. The minimum Gasteiger partial charge on any atom is -0.493 e. The quantitative estimate of drug-likeness (QED) is 0.513. The number of carbonyl (C=O) groups is 1. The van der Waals surface area contributed by atoms with Gasteiger partial charge in [0.05, 0.1) is 7.11 Å². The molecule has 0 spiro atoms. The summed E-state index contributed by atoms with van der Waals surface area (Å²) in [4.78, 5) is 12.2. The van der Waals surface area contributed by atoms with Crippen LogP contribution < -0.4 is 20.1 Å². The molecule has 2 N–H and O–H groups in total. The minimum absolute atomic E-state index is 0.0688. The summed E-state index contributed by atoms with van der Waals surface area (Å²) in [5.74, 6) is 1.02. The molecule has 0 saturated carbocycles. The van der Waals surface area contributed by atoms with Crippen molar-refractivity contribution in [1.29, 1.82) is 0 Å². The molecule has 2 aromatic carbocycles. The maximum absolute atomic E-state index is 12.2. The summed E-state index contributed by atoms with van der Waals surface area (Å²) in [6.07, 6.45) is 2.04. The van der Waals surface area contributed by atoms with Crippen LogP contribution in [0.3, 0.4) is 0 Å². The molecule has 0 fully saturated rings. The molecule has 1 amide bonds. The lowest BCUT2D eigenvalue weighted by molar-refractivity contribution is -0.124. The maximum atomic E-state index is 12.2. The molecule has 6 heteroatoms. The summed E-state index contributed by atoms with van der Waals surface area (Å²) in [5, 5.41) is 6.47. The van der Waals surface area contributed by atoms with Gasteiger partial charge in [0.1, 0.15) is 0 Å². The van der Waals surface area contributed by atoms with Gasteiger partial charge in [-0.05, 0) is 58.2 Å². The average Bonchev–Trinajstić information content (AvgIpc) is 2.69. The normalized spacial score (nSPS) is 12.3. The van der Waals surface area contributed by atoms with E-state index in [-0.39, 0.29) is 18.1 Å². The predicted octanol–water partition coefficient (Wildman–Crippen LogP) is 4.86. The SMILES string of the molecule is COc1ccc(Br)c(CNC(C)CCc2ccccc2)c1OCC(=O)NC(C)(C)C. The van der Waals surface area contributed by atoms with Crippen molar-refractivity contribution in [3.63, 3.8) is 0 Å². The molecule has 0 saturated heterocycles. The number of halogens is 1. The topological polar surface area (TPSA) is 59.6 Å². The van der Waals surface area contributed by atoms with E-state index in [0.717, 1.165) is 22.9 Å². The smallest absolute Gasteiger partial charge is 0.258 e. The second-order valence-corrected chi connectivity index (χ2v) is 9.30. The highest BCUT2D eigenvalue weighted by Gasteiger charge is 2.19. The fourth-order valence-electron chi connectivity index (χ4n) is 3.06. The van der Waals surface area contributed by atoms with Crippen LogP contribution in [-0.4, -0.2) is 31.2 Å². The van der Waals surface area contributed by atoms with Crippen molar-refractivity contribution >= 4 is 21.8 Å². The number of hydrogen-bond donors (Lipinski definition) is 2. The molecule has 1 atom stereocenters. The zero-order chi connectivity index (χ0) is 22.1. The third kappa shape index (κ3) is 8.00. The number of aryl methyl sites for hydroxylation is 1. The number of methoxy groups -OCH3 is 1. The largest absolute Gasteiger partial charge is 0.493 e. The zero-order valence-corrected chi connectivity index (χ0v) is 20.1. The monoisotopic (exact) mass is 476 g/mol. The van der Waals surface area contributed by atoms with Crippen molar-refractivity contribution in [3.8, 4) is 11.5 Å². The van der Waals surface area contributed by atoms with Crippen molar-refractivity contribution < 1.29 is 14.3 Å². The molecular weight excluding hydrogens is 444 g/mol. The molecule has 0 aliphatic rings. The molecule has 0 bridgehead atoms. The van der Waals surface area contributed by atoms with Crippen molar-refractivity contribution in [3.05, 3.63) is 58.1 Å². The van der Waals surface area contributed by atoms with Gasteiger partial charge in [0.25, 0.3) is 5.91 Å². The Morgan fingerprint density at radius 1 is 1.13 bits per heavy atom. The Morgan fingerprint density at radius 2 is 1.83 bits per heavy atom. The Bertz CT molecular complexity index is 819. The molecule has 2 aromatic rings. The summed E-state index contributed by atoms with van der Waals surface area (Å²) in [6, 6.07) is 14.6. The number of rotatable bonds is 10. The van der Waals surface area contributed by atoms with E-state index in [9.17, 15) is 4.79 Å². The fourth-order valence-corrected chi connectivity index (χ4v) is 3.52. The first-order chi connectivity index (χ1) is 14.2. The van der Waals surface area contributed by atoms with E-state index in [0.29, 0.717) is 24.1 Å². The molecule has 1 unspecified atom stereocenters. The lowest BCUT2D eigenvalue weighted by Gasteiger charge is -2.22. The predicted molar refractivity (Wildman–Crippen MR) is 125 cm³/mol. The van der Waals surface area contributed by atoms with Gasteiger partial charge in [-0.15, -0.1) is 0 Å². The summed E-state index contributed by atoms with van der Waals surface area (Å²) in [7, 11) is 1.60. The summed E-state index contributed by atoms with van der Waals surface area (Å²) >= 11 is 3.62. The van der Waals surface area contributed by atoms with Crippen LogP contribution in [0.1, 0.15) is 45.2 Å². The van der Waals surface area contributed by atoms with E-state index in [1.807, 2.05) is 39.0 Å². The van der Waals surface area contributed by atoms with E-state index < -0.39 is 0 Å². The number of nitrogens with one attached hydrogen (secondary N) is 2. The van der Waals surface area contributed by atoms with Gasteiger partial charge in [-0.3, -0.25) is 4.79 Å². The van der Waals surface area contributed by atoms with E-state index in [2.05, 4.69) is 57.8 Å². The van der Waals surface area contributed by atoms with Crippen LogP contribution >= 0.6 is 15.9 Å². The van der Waals surface area contributed by atoms with Crippen LogP contribution in [0.2, 0.25) is 0 Å². The Balaban J connectivity index is 2.02. The second kappa shape index (κ2) is 11.4. The third-order valence-corrected chi connectivity index (χ3v) is 5.33. The van der Waals surface area contributed by atoms with Gasteiger partial charge in [-0.1, -0.05) is 46.3 Å². The molecule has 0 aromatic heterocycles.